The Morgan fingerprint density at radius 3 is 2.38 bits per heavy atom. The van der Waals surface area contributed by atoms with Crippen LogP contribution in [0, 0.1) is 5.82 Å². The molecular weight excluding hydrogens is 480 g/mol. The minimum absolute atomic E-state index is 0. The molecule has 0 bridgehead atoms. The van der Waals surface area contributed by atoms with Gasteiger partial charge in [-0.05, 0) is 51.3 Å². The Labute approximate surface area is 189 Å². The van der Waals surface area contributed by atoms with E-state index in [1.165, 1.54) is 6.07 Å². The molecule has 3 aromatic rings. The molecule has 7 heteroatoms. The van der Waals surface area contributed by atoms with Crippen LogP contribution in [0.25, 0.3) is 0 Å². The maximum absolute atomic E-state index is 13.8. The first-order chi connectivity index (χ1) is 13.6. The number of halogens is 4. The molecule has 0 saturated carbocycles. The first-order valence-corrected chi connectivity index (χ1v) is 9.92. The molecule has 0 saturated heterocycles. The summed E-state index contributed by atoms with van der Waals surface area (Å²) in [5, 5.41) is 4.11. The van der Waals surface area contributed by atoms with Gasteiger partial charge in [-0.15, -0.1) is 12.4 Å². The number of benzene rings is 3. The third-order valence-corrected chi connectivity index (χ3v) is 5.18. The van der Waals surface area contributed by atoms with Crippen molar-refractivity contribution in [3.8, 4) is 11.5 Å². The Bertz CT molecular complexity index is 956. The average molecular weight is 501 g/mol. The molecule has 3 rings (SSSR count). The maximum atomic E-state index is 13.8. The highest BCUT2D eigenvalue weighted by Crippen LogP contribution is 2.37. The van der Waals surface area contributed by atoms with Crippen molar-refractivity contribution in [2.24, 2.45) is 0 Å². The Balaban J connectivity index is 0.00000300. The Kier molecular flexibility index (Phi) is 9.24. The lowest BCUT2D eigenvalue weighted by Gasteiger charge is -2.15. The minimum atomic E-state index is -0.294. The van der Waals surface area contributed by atoms with E-state index < -0.39 is 0 Å². The van der Waals surface area contributed by atoms with Crippen LogP contribution in [0.4, 0.5) is 4.39 Å². The third-order valence-electron chi connectivity index (χ3n) is 4.22. The van der Waals surface area contributed by atoms with E-state index in [1.54, 1.807) is 25.3 Å². The van der Waals surface area contributed by atoms with E-state index in [1.807, 2.05) is 36.4 Å². The van der Waals surface area contributed by atoms with Gasteiger partial charge in [0.2, 0.25) is 0 Å². The van der Waals surface area contributed by atoms with Gasteiger partial charge >= 0.3 is 0 Å². The average Bonchev–Trinajstić information content (AvgIpc) is 2.69. The Morgan fingerprint density at radius 1 is 1.00 bits per heavy atom. The number of methoxy groups -OCH3 is 1. The molecule has 0 spiro atoms. The van der Waals surface area contributed by atoms with Gasteiger partial charge in [-0.2, -0.15) is 0 Å². The molecule has 1 N–H and O–H groups in total. The third kappa shape index (κ3) is 6.34. The highest BCUT2D eigenvalue weighted by Gasteiger charge is 2.13. The number of nitrogens with one attached hydrogen (secondary N) is 1. The summed E-state index contributed by atoms with van der Waals surface area (Å²) in [5.41, 5.74) is 2.55. The van der Waals surface area contributed by atoms with E-state index in [-0.39, 0.29) is 24.8 Å². The van der Waals surface area contributed by atoms with Crippen molar-refractivity contribution >= 4 is 39.9 Å². The van der Waals surface area contributed by atoms with Gasteiger partial charge in [0.25, 0.3) is 0 Å². The van der Waals surface area contributed by atoms with Crippen LogP contribution in [0.5, 0.6) is 11.5 Å². The number of hydrogen-bond acceptors (Lipinski definition) is 3. The van der Waals surface area contributed by atoms with E-state index in [0.29, 0.717) is 30.2 Å². The van der Waals surface area contributed by atoms with E-state index >= 15 is 0 Å². The van der Waals surface area contributed by atoms with Crippen LogP contribution in [0.3, 0.4) is 0 Å². The zero-order valence-electron chi connectivity index (χ0n) is 15.8. The lowest BCUT2D eigenvalue weighted by Crippen LogP contribution is -2.13. The fraction of sp³-hybridized carbons (Fsp3) is 0.182. The zero-order valence-corrected chi connectivity index (χ0v) is 18.9. The minimum Gasteiger partial charge on any atom is -0.493 e. The van der Waals surface area contributed by atoms with Crippen molar-refractivity contribution in [3.63, 3.8) is 0 Å². The standard InChI is InChI=1S/C22H20BrClFNO2.ClH/c1-27-21-11-15(12-26-13-16-6-2-4-8-19(16)24)10-18(23)22(21)28-14-17-7-3-5-9-20(17)25;/h2-11,26H,12-14H2,1H3;1H. The number of hydrogen-bond donors (Lipinski definition) is 1. The first kappa shape index (κ1) is 23.5. The SMILES string of the molecule is COc1cc(CNCc2ccccc2Cl)cc(Br)c1OCc1ccccc1F.Cl. The van der Waals surface area contributed by atoms with Crippen LogP contribution in [0.2, 0.25) is 5.02 Å². The molecule has 0 fully saturated rings. The van der Waals surface area contributed by atoms with Crippen LogP contribution < -0.4 is 14.8 Å². The van der Waals surface area contributed by atoms with Crippen LogP contribution in [0.1, 0.15) is 16.7 Å². The molecular formula is C22H21BrCl2FNO2. The normalized spacial score (nSPS) is 10.3. The van der Waals surface area contributed by atoms with Crippen molar-refractivity contribution in [2.75, 3.05) is 7.11 Å². The second-order valence-electron chi connectivity index (χ2n) is 6.18. The fourth-order valence-corrected chi connectivity index (χ4v) is 3.57. The largest absolute Gasteiger partial charge is 0.493 e. The summed E-state index contributed by atoms with van der Waals surface area (Å²) in [7, 11) is 1.58. The Hall–Kier alpha value is -1.79. The summed E-state index contributed by atoms with van der Waals surface area (Å²) in [4.78, 5) is 0. The van der Waals surface area contributed by atoms with Gasteiger partial charge in [0, 0.05) is 23.7 Å². The number of rotatable bonds is 8. The van der Waals surface area contributed by atoms with Gasteiger partial charge in [-0.25, -0.2) is 4.39 Å². The smallest absolute Gasteiger partial charge is 0.175 e. The summed E-state index contributed by atoms with van der Waals surface area (Å²) >= 11 is 9.72. The van der Waals surface area contributed by atoms with Crippen LogP contribution in [0.15, 0.2) is 65.1 Å². The highest BCUT2D eigenvalue weighted by molar-refractivity contribution is 9.10. The highest BCUT2D eigenvalue weighted by atomic mass is 79.9. The summed E-state index contributed by atoms with van der Waals surface area (Å²) in [6.45, 7) is 1.41. The molecule has 0 heterocycles. The summed E-state index contributed by atoms with van der Waals surface area (Å²) in [6, 6.07) is 18.1. The topological polar surface area (TPSA) is 30.5 Å². The first-order valence-electron chi connectivity index (χ1n) is 8.75. The van der Waals surface area contributed by atoms with E-state index in [0.717, 1.165) is 20.6 Å². The molecule has 0 radical (unpaired) electrons. The van der Waals surface area contributed by atoms with Crippen molar-refractivity contribution in [1.29, 1.82) is 0 Å². The van der Waals surface area contributed by atoms with E-state index in [4.69, 9.17) is 21.1 Å². The molecule has 29 heavy (non-hydrogen) atoms. The summed E-state index contributed by atoms with van der Waals surface area (Å²) in [6.07, 6.45) is 0. The van der Waals surface area contributed by atoms with Crippen molar-refractivity contribution in [3.05, 3.63) is 92.7 Å². The van der Waals surface area contributed by atoms with Gasteiger partial charge < -0.3 is 14.8 Å². The second kappa shape index (κ2) is 11.4. The summed E-state index contributed by atoms with van der Waals surface area (Å²) < 4.78 is 25.8. The van der Waals surface area contributed by atoms with Crippen LogP contribution in [-0.2, 0) is 19.7 Å². The van der Waals surface area contributed by atoms with Gasteiger partial charge in [-0.1, -0.05) is 48.0 Å². The van der Waals surface area contributed by atoms with E-state index in [2.05, 4.69) is 21.2 Å². The lowest BCUT2D eigenvalue weighted by atomic mass is 10.1. The fourth-order valence-electron chi connectivity index (χ4n) is 2.76. The van der Waals surface area contributed by atoms with Crippen molar-refractivity contribution in [2.45, 2.75) is 19.7 Å². The molecule has 0 aliphatic heterocycles. The zero-order chi connectivity index (χ0) is 19.9. The second-order valence-corrected chi connectivity index (χ2v) is 7.45. The van der Waals surface area contributed by atoms with Gasteiger partial charge in [0.15, 0.2) is 11.5 Å². The van der Waals surface area contributed by atoms with Crippen LogP contribution >= 0.6 is 39.9 Å². The predicted octanol–water partition coefficient (Wildman–Crippen LogP) is 6.54. The van der Waals surface area contributed by atoms with Crippen molar-refractivity contribution in [1.82, 2.24) is 5.32 Å². The number of ether oxygens (including phenoxy) is 2. The van der Waals surface area contributed by atoms with Gasteiger partial charge in [0.1, 0.15) is 12.4 Å². The van der Waals surface area contributed by atoms with E-state index in [9.17, 15) is 4.39 Å². The maximum Gasteiger partial charge on any atom is 0.175 e. The van der Waals surface area contributed by atoms with Crippen LogP contribution in [-0.4, -0.2) is 7.11 Å². The molecule has 0 aliphatic carbocycles. The van der Waals surface area contributed by atoms with Crippen molar-refractivity contribution < 1.29 is 13.9 Å². The Morgan fingerprint density at radius 2 is 1.69 bits per heavy atom. The molecule has 0 amide bonds. The summed E-state index contributed by atoms with van der Waals surface area (Å²) in [5.74, 6) is 0.832. The predicted molar refractivity (Wildman–Crippen MR) is 121 cm³/mol. The molecule has 154 valence electrons. The quantitative estimate of drug-likeness (QED) is 0.380. The molecule has 3 aromatic carbocycles. The molecule has 0 aliphatic rings. The van der Waals surface area contributed by atoms with Gasteiger partial charge in [-0.3, -0.25) is 0 Å². The monoisotopic (exact) mass is 499 g/mol. The molecule has 0 atom stereocenters. The lowest BCUT2D eigenvalue weighted by molar-refractivity contribution is 0.277. The molecule has 0 unspecified atom stereocenters. The molecule has 3 nitrogen and oxygen atoms in total. The van der Waals surface area contributed by atoms with Gasteiger partial charge in [0.05, 0.1) is 11.6 Å². The molecule has 0 aromatic heterocycles.